The minimum atomic E-state index is -5.96. The van der Waals surface area contributed by atoms with Crippen molar-refractivity contribution >= 4 is 11.9 Å². The number of hydrogen-bond donors (Lipinski definition) is 0. The molecule has 166 valence electrons. The van der Waals surface area contributed by atoms with Crippen molar-refractivity contribution in [3.63, 3.8) is 0 Å². The lowest BCUT2D eigenvalue weighted by Crippen LogP contribution is -2.45. The van der Waals surface area contributed by atoms with E-state index < -0.39 is 53.5 Å². The maximum atomic E-state index is 14.0. The van der Waals surface area contributed by atoms with Gasteiger partial charge in [-0.3, -0.25) is 4.79 Å². The van der Waals surface area contributed by atoms with Crippen LogP contribution in [0.2, 0.25) is 0 Å². The summed E-state index contributed by atoms with van der Waals surface area (Å²) in [7, 11) is 0. The van der Waals surface area contributed by atoms with E-state index >= 15 is 0 Å². The molecule has 1 aliphatic carbocycles. The Hall–Kier alpha value is -2.59. The molecule has 0 bridgehead atoms. The Kier molecular flexibility index (Phi) is 6.53. The number of esters is 2. The van der Waals surface area contributed by atoms with Crippen molar-refractivity contribution < 1.29 is 49.8 Å². The van der Waals surface area contributed by atoms with Gasteiger partial charge in [0.2, 0.25) is 5.83 Å². The molecule has 0 aliphatic heterocycles. The second-order valence-corrected chi connectivity index (χ2v) is 7.30. The third-order valence-corrected chi connectivity index (χ3v) is 4.73. The van der Waals surface area contributed by atoms with Gasteiger partial charge in [-0.25, -0.2) is 4.79 Å². The molecule has 1 aliphatic rings. The molecule has 2 atom stereocenters. The maximum Gasteiger partial charge on any atom is 0.434 e. The van der Waals surface area contributed by atoms with E-state index in [-0.39, 0.29) is 6.61 Å². The summed E-state index contributed by atoms with van der Waals surface area (Å²) in [6.45, 7) is 2.94. The Morgan fingerprint density at radius 1 is 1.07 bits per heavy atom. The average molecular weight is 442 g/mol. The van der Waals surface area contributed by atoms with Crippen LogP contribution < -0.4 is 0 Å². The highest BCUT2D eigenvalue weighted by atomic mass is 19.4. The van der Waals surface area contributed by atoms with E-state index in [1.165, 1.54) is 13.8 Å². The molecular weight excluding hydrogens is 425 g/mol. The molecule has 0 unspecified atom stereocenters. The summed E-state index contributed by atoms with van der Waals surface area (Å²) in [5.41, 5.74) is -0.240. The molecule has 1 fully saturated rings. The summed E-state index contributed by atoms with van der Waals surface area (Å²) in [5, 5.41) is 0. The normalized spacial score (nSPS) is 21.3. The van der Waals surface area contributed by atoms with Crippen molar-refractivity contribution in [3.05, 3.63) is 47.8 Å². The molecule has 0 amide bonds. The van der Waals surface area contributed by atoms with Crippen LogP contribution >= 0.6 is 0 Å². The van der Waals surface area contributed by atoms with Gasteiger partial charge in [-0.2, -0.15) is 30.7 Å². The van der Waals surface area contributed by atoms with E-state index in [0.29, 0.717) is 11.6 Å². The number of carbonyl (C=O) groups excluding carboxylic acids is 2. The first-order valence-corrected chi connectivity index (χ1v) is 8.58. The minimum absolute atomic E-state index is 0.0773. The van der Waals surface area contributed by atoms with Crippen LogP contribution in [-0.4, -0.2) is 30.4 Å². The Morgan fingerprint density at radius 3 is 2.10 bits per heavy atom. The molecule has 0 heterocycles. The molecule has 0 aromatic heterocycles. The minimum Gasteiger partial charge on any atom is -0.461 e. The van der Waals surface area contributed by atoms with Crippen molar-refractivity contribution in [2.45, 2.75) is 38.9 Å². The molecule has 11 heteroatoms. The number of alkyl halides is 6. The van der Waals surface area contributed by atoms with Crippen molar-refractivity contribution in [1.29, 1.82) is 0 Å². The van der Waals surface area contributed by atoms with Gasteiger partial charge in [0.05, 0.1) is 5.92 Å². The smallest absolute Gasteiger partial charge is 0.434 e. The zero-order chi connectivity index (χ0) is 22.9. The van der Waals surface area contributed by atoms with Crippen LogP contribution in [0.5, 0.6) is 0 Å². The highest BCUT2D eigenvalue weighted by molar-refractivity contribution is 5.87. The van der Waals surface area contributed by atoms with Crippen molar-refractivity contribution in [3.8, 4) is 0 Å². The molecule has 4 nitrogen and oxygen atoms in total. The Morgan fingerprint density at radius 2 is 1.60 bits per heavy atom. The predicted octanol–water partition coefficient (Wildman–Crippen LogP) is 4.89. The van der Waals surface area contributed by atoms with Gasteiger partial charge in [-0.1, -0.05) is 44.2 Å². The van der Waals surface area contributed by atoms with Gasteiger partial charge in [0.25, 0.3) is 6.10 Å². The molecule has 1 aromatic carbocycles. The fraction of sp³-hybridized carbons (Fsp3) is 0.474. The maximum absolute atomic E-state index is 14.0. The summed E-state index contributed by atoms with van der Waals surface area (Å²) in [5.74, 6) is -7.02. The summed E-state index contributed by atoms with van der Waals surface area (Å²) in [4.78, 5) is 23.6. The number of halogens is 7. The molecule has 0 spiro atoms. The van der Waals surface area contributed by atoms with Crippen LogP contribution in [0.15, 0.2) is 42.2 Å². The van der Waals surface area contributed by atoms with Gasteiger partial charge in [-0.15, -0.1) is 0 Å². The van der Waals surface area contributed by atoms with Crippen LogP contribution in [0, 0.1) is 17.3 Å². The average Bonchev–Trinajstić information content (AvgIpc) is 3.16. The van der Waals surface area contributed by atoms with E-state index in [9.17, 15) is 40.3 Å². The highest BCUT2D eigenvalue weighted by Crippen LogP contribution is 2.60. The largest absolute Gasteiger partial charge is 0.461 e. The predicted molar refractivity (Wildman–Crippen MR) is 88.2 cm³/mol. The number of ether oxygens (including phenoxy) is 2. The molecule has 1 saturated carbocycles. The number of hydrogen-bond acceptors (Lipinski definition) is 4. The van der Waals surface area contributed by atoms with Crippen molar-refractivity contribution in [2.24, 2.45) is 17.3 Å². The van der Waals surface area contributed by atoms with E-state index in [2.05, 4.69) is 4.74 Å². The molecule has 30 heavy (non-hydrogen) atoms. The SMILES string of the molecule is CC1(C)[C@H](C(=O)OCc2ccccc2)[C@@H]1C=C(F)C(=O)OC(C(F)(F)F)C(F)(F)F. The number of carbonyl (C=O) groups is 2. The first-order chi connectivity index (χ1) is 13.7. The van der Waals surface area contributed by atoms with E-state index in [4.69, 9.17) is 4.74 Å². The first-order valence-electron chi connectivity index (χ1n) is 8.58. The molecule has 0 N–H and O–H groups in total. The molecule has 0 radical (unpaired) electrons. The van der Waals surface area contributed by atoms with Crippen LogP contribution in [-0.2, 0) is 25.7 Å². The van der Waals surface area contributed by atoms with E-state index in [0.717, 1.165) is 0 Å². The fourth-order valence-electron chi connectivity index (χ4n) is 2.97. The zero-order valence-corrected chi connectivity index (χ0v) is 15.7. The van der Waals surface area contributed by atoms with Crippen LogP contribution in [0.4, 0.5) is 30.7 Å². The van der Waals surface area contributed by atoms with Crippen molar-refractivity contribution in [2.75, 3.05) is 0 Å². The summed E-state index contributed by atoms with van der Waals surface area (Å²) < 4.78 is 96.9. The van der Waals surface area contributed by atoms with Gasteiger partial charge >= 0.3 is 24.3 Å². The highest BCUT2D eigenvalue weighted by Gasteiger charge is 2.63. The van der Waals surface area contributed by atoms with Gasteiger partial charge in [-0.05, 0) is 23.0 Å². The zero-order valence-electron chi connectivity index (χ0n) is 15.7. The third kappa shape index (κ3) is 5.51. The molecule has 2 rings (SSSR count). The lowest BCUT2D eigenvalue weighted by molar-refractivity contribution is -0.312. The van der Waals surface area contributed by atoms with Crippen LogP contribution in [0.1, 0.15) is 19.4 Å². The summed E-state index contributed by atoms with van der Waals surface area (Å²) >= 11 is 0. The van der Waals surface area contributed by atoms with Crippen molar-refractivity contribution in [1.82, 2.24) is 0 Å². The molecular formula is C19H17F7O4. The van der Waals surface area contributed by atoms with E-state index in [1.807, 2.05) is 0 Å². The second kappa shape index (κ2) is 8.27. The molecule has 0 saturated heterocycles. The van der Waals surface area contributed by atoms with Gasteiger partial charge in [0, 0.05) is 0 Å². The van der Waals surface area contributed by atoms with Gasteiger partial charge < -0.3 is 9.47 Å². The topological polar surface area (TPSA) is 52.6 Å². The standard InChI is InChI=1S/C19H17F7O4/c1-17(2)11(13(17)15(28)29-9-10-6-4-3-5-7-10)8-12(20)14(27)30-16(18(21,22)23)19(24,25)26/h3-8,11,13,16H,9H2,1-2H3/t11-,13-/m0/s1. The molecule has 1 aromatic rings. The Balaban J connectivity index is 2.04. The number of allylic oxidation sites excluding steroid dienone is 1. The van der Waals surface area contributed by atoms with Crippen LogP contribution in [0.25, 0.3) is 0 Å². The van der Waals surface area contributed by atoms with E-state index in [1.54, 1.807) is 30.3 Å². The Bertz CT molecular complexity index is 798. The first kappa shape index (κ1) is 23.7. The summed E-state index contributed by atoms with van der Waals surface area (Å²) in [6, 6.07) is 8.56. The monoisotopic (exact) mass is 442 g/mol. The quantitative estimate of drug-likeness (QED) is 0.358. The summed E-state index contributed by atoms with van der Waals surface area (Å²) in [6.07, 6.45) is -15.9. The Labute approximate surface area is 166 Å². The number of benzene rings is 1. The second-order valence-electron chi connectivity index (χ2n) is 7.30. The van der Waals surface area contributed by atoms with Gasteiger partial charge in [0.1, 0.15) is 6.61 Å². The number of rotatable bonds is 6. The third-order valence-electron chi connectivity index (χ3n) is 4.73. The van der Waals surface area contributed by atoms with Crippen LogP contribution in [0.3, 0.4) is 0 Å². The lowest BCUT2D eigenvalue weighted by atomic mass is 10.1. The van der Waals surface area contributed by atoms with Gasteiger partial charge in [0.15, 0.2) is 0 Å². The fourth-order valence-corrected chi connectivity index (χ4v) is 2.97. The lowest BCUT2D eigenvalue weighted by Gasteiger charge is -2.22.